The van der Waals surface area contributed by atoms with Gasteiger partial charge >= 0.3 is 11.9 Å². The number of anilines is 1. The molecule has 1 heterocycles. The number of fused-ring (bicyclic) bond motifs is 1. The van der Waals surface area contributed by atoms with E-state index in [4.69, 9.17) is 9.47 Å². The average molecular weight is 453 g/mol. The summed E-state index contributed by atoms with van der Waals surface area (Å²) < 4.78 is 10.2. The lowest BCUT2D eigenvalue weighted by Gasteiger charge is -2.20. The molecule has 1 aliphatic rings. The Morgan fingerprint density at radius 1 is 1.19 bits per heavy atom. The topological polar surface area (TPSA) is 111 Å². The first kappa shape index (κ1) is 24.8. The normalized spacial score (nSPS) is 16.6. The van der Waals surface area contributed by atoms with Gasteiger partial charge in [0.05, 0.1) is 12.2 Å². The Morgan fingerprint density at radius 2 is 1.87 bits per heavy atom. The van der Waals surface area contributed by atoms with Crippen LogP contribution in [0.1, 0.15) is 68.8 Å². The first-order valence-electron chi connectivity index (χ1n) is 10.5. The van der Waals surface area contributed by atoms with Crippen molar-refractivity contribution in [2.45, 2.75) is 66.8 Å². The van der Waals surface area contributed by atoms with Gasteiger partial charge in [-0.3, -0.25) is 9.59 Å². The van der Waals surface area contributed by atoms with E-state index in [2.05, 4.69) is 17.6 Å². The van der Waals surface area contributed by atoms with Crippen molar-refractivity contribution in [3.63, 3.8) is 0 Å². The van der Waals surface area contributed by atoms with Crippen LogP contribution in [0.25, 0.3) is 0 Å². The molecule has 0 aliphatic heterocycles. The van der Waals surface area contributed by atoms with Gasteiger partial charge in [0.1, 0.15) is 11.0 Å². The Labute approximate surface area is 187 Å². The quantitative estimate of drug-likeness (QED) is 0.615. The molecule has 1 aromatic heterocycles. The number of thiophene rings is 1. The molecule has 0 radical (unpaired) electrons. The van der Waals surface area contributed by atoms with Crippen molar-refractivity contribution in [1.82, 2.24) is 5.32 Å². The summed E-state index contributed by atoms with van der Waals surface area (Å²) >= 11 is 1.37. The molecule has 0 unspecified atom stereocenters. The highest BCUT2D eigenvalue weighted by molar-refractivity contribution is 7.17. The largest absolute Gasteiger partial charge is 0.462 e. The van der Waals surface area contributed by atoms with Crippen LogP contribution in [0.15, 0.2) is 0 Å². The number of hydrogen-bond donors (Lipinski definition) is 2. The number of esters is 2. The van der Waals surface area contributed by atoms with Gasteiger partial charge in [0.25, 0.3) is 5.91 Å². The fourth-order valence-electron chi connectivity index (χ4n) is 3.15. The number of amides is 2. The highest BCUT2D eigenvalue weighted by atomic mass is 32.1. The second-order valence-corrected chi connectivity index (χ2v) is 9.98. The number of rotatable bonds is 7. The summed E-state index contributed by atoms with van der Waals surface area (Å²) in [6.45, 7) is 10.3. The molecule has 1 aromatic rings. The molecule has 2 N–H and O–H groups in total. The molecule has 2 amide bonds. The van der Waals surface area contributed by atoms with Crippen molar-refractivity contribution >= 4 is 40.1 Å². The fourth-order valence-corrected chi connectivity index (χ4v) is 4.57. The van der Waals surface area contributed by atoms with Crippen LogP contribution in [0.2, 0.25) is 0 Å². The maximum absolute atomic E-state index is 12.5. The molecule has 172 valence electrons. The molecule has 2 atom stereocenters. The van der Waals surface area contributed by atoms with Crippen LogP contribution in [0.4, 0.5) is 5.00 Å². The third-order valence-electron chi connectivity index (χ3n) is 4.97. The number of carbonyl (C=O) groups is 4. The molecule has 2 rings (SSSR count). The molecule has 1 aliphatic carbocycles. The van der Waals surface area contributed by atoms with Crippen molar-refractivity contribution in [3.05, 3.63) is 16.0 Å². The van der Waals surface area contributed by atoms with Crippen molar-refractivity contribution in [2.75, 3.05) is 18.5 Å². The predicted octanol–water partition coefficient (Wildman–Crippen LogP) is 3.08. The standard InChI is InChI=1S/C22H32N2O6S/c1-7-29-20(27)17-14-9-8-12(2)10-15(14)31-18(17)24-16(25)11-30-19(26)13(3)23-21(28)22(4,5)6/h12-13H,7-11H2,1-6H3,(H,23,28)(H,24,25)/t12-,13-/m1/s1. The summed E-state index contributed by atoms with van der Waals surface area (Å²) in [6.07, 6.45) is 2.58. The van der Waals surface area contributed by atoms with Crippen LogP contribution in [0.3, 0.4) is 0 Å². The Hall–Kier alpha value is -2.42. The summed E-state index contributed by atoms with van der Waals surface area (Å²) in [7, 11) is 0. The molecular weight excluding hydrogens is 420 g/mol. The summed E-state index contributed by atoms with van der Waals surface area (Å²) in [5.41, 5.74) is 0.692. The van der Waals surface area contributed by atoms with E-state index in [1.165, 1.54) is 18.3 Å². The minimum absolute atomic E-state index is 0.239. The first-order valence-corrected chi connectivity index (χ1v) is 11.3. The SMILES string of the molecule is CCOC(=O)c1c(NC(=O)COC(=O)[C@@H](C)NC(=O)C(C)(C)C)sc2c1CC[C@@H](C)C2. The third kappa shape index (κ3) is 6.53. The van der Waals surface area contributed by atoms with Crippen LogP contribution in [0.5, 0.6) is 0 Å². The van der Waals surface area contributed by atoms with Crippen LogP contribution in [-0.4, -0.2) is 43.0 Å². The third-order valence-corrected chi connectivity index (χ3v) is 6.14. The van der Waals surface area contributed by atoms with Gasteiger partial charge in [0.15, 0.2) is 6.61 Å². The van der Waals surface area contributed by atoms with E-state index in [9.17, 15) is 19.2 Å². The Balaban J connectivity index is 2.02. The second kappa shape index (κ2) is 10.3. The zero-order valence-electron chi connectivity index (χ0n) is 19.0. The van der Waals surface area contributed by atoms with Crippen molar-refractivity contribution in [3.8, 4) is 0 Å². The lowest BCUT2D eigenvalue weighted by molar-refractivity contribution is -0.150. The van der Waals surface area contributed by atoms with Crippen LogP contribution in [-0.2, 0) is 36.7 Å². The number of carbonyl (C=O) groups excluding carboxylic acids is 4. The minimum atomic E-state index is -0.884. The van der Waals surface area contributed by atoms with Gasteiger partial charge in [-0.15, -0.1) is 11.3 Å². The van der Waals surface area contributed by atoms with Gasteiger partial charge in [-0.25, -0.2) is 9.59 Å². The maximum Gasteiger partial charge on any atom is 0.341 e. The van der Waals surface area contributed by atoms with E-state index < -0.39 is 35.9 Å². The van der Waals surface area contributed by atoms with Crippen molar-refractivity contribution in [2.24, 2.45) is 11.3 Å². The van der Waals surface area contributed by atoms with Gasteiger partial charge in [-0.1, -0.05) is 27.7 Å². The van der Waals surface area contributed by atoms with E-state index in [0.717, 1.165) is 29.7 Å². The lowest BCUT2D eigenvalue weighted by atomic mass is 9.88. The van der Waals surface area contributed by atoms with E-state index in [1.54, 1.807) is 27.7 Å². The summed E-state index contributed by atoms with van der Waals surface area (Å²) in [4.78, 5) is 50.1. The van der Waals surface area contributed by atoms with E-state index in [0.29, 0.717) is 16.5 Å². The van der Waals surface area contributed by atoms with E-state index in [-0.39, 0.29) is 12.5 Å². The number of nitrogens with one attached hydrogen (secondary N) is 2. The smallest absolute Gasteiger partial charge is 0.341 e. The van der Waals surface area contributed by atoms with Gasteiger partial charge < -0.3 is 20.1 Å². The summed E-state index contributed by atoms with van der Waals surface area (Å²) in [5.74, 6) is -1.51. The van der Waals surface area contributed by atoms with Gasteiger partial charge in [-0.05, 0) is 44.6 Å². The number of hydrogen-bond acceptors (Lipinski definition) is 7. The fraction of sp³-hybridized carbons (Fsp3) is 0.636. The molecule has 0 aromatic carbocycles. The van der Waals surface area contributed by atoms with Gasteiger partial charge in [0.2, 0.25) is 5.91 Å². The van der Waals surface area contributed by atoms with Crippen LogP contribution in [0, 0.1) is 11.3 Å². The zero-order valence-corrected chi connectivity index (χ0v) is 19.9. The highest BCUT2D eigenvalue weighted by Crippen LogP contribution is 2.40. The van der Waals surface area contributed by atoms with Crippen molar-refractivity contribution < 1.29 is 28.7 Å². The molecular formula is C22H32N2O6S. The monoisotopic (exact) mass is 452 g/mol. The zero-order chi connectivity index (χ0) is 23.3. The molecule has 9 heteroatoms. The molecule has 8 nitrogen and oxygen atoms in total. The molecule has 0 saturated heterocycles. The Morgan fingerprint density at radius 3 is 2.48 bits per heavy atom. The van der Waals surface area contributed by atoms with Crippen LogP contribution < -0.4 is 10.6 Å². The molecule has 31 heavy (non-hydrogen) atoms. The molecule has 0 spiro atoms. The summed E-state index contributed by atoms with van der Waals surface area (Å²) in [5, 5.41) is 5.68. The Kier molecular flexibility index (Phi) is 8.22. The first-order chi connectivity index (χ1) is 14.4. The van der Waals surface area contributed by atoms with Crippen molar-refractivity contribution in [1.29, 1.82) is 0 Å². The Bertz CT molecular complexity index is 855. The maximum atomic E-state index is 12.5. The van der Waals surface area contributed by atoms with E-state index >= 15 is 0 Å². The number of ether oxygens (including phenoxy) is 2. The average Bonchev–Trinajstić information content (AvgIpc) is 3.02. The molecule has 0 bridgehead atoms. The van der Waals surface area contributed by atoms with Gasteiger partial charge in [-0.2, -0.15) is 0 Å². The van der Waals surface area contributed by atoms with Gasteiger partial charge in [0, 0.05) is 10.3 Å². The predicted molar refractivity (Wildman–Crippen MR) is 118 cm³/mol. The lowest BCUT2D eigenvalue weighted by Crippen LogP contribution is -2.45. The minimum Gasteiger partial charge on any atom is -0.462 e. The summed E-state index contributed by atoms with van der Waals surface area (Å²) in [6, 6.07) is -0.884. The van der Waals surface area contributed by atoms with Crippen LogP contribution >= 0.6 is 11.3 Å². The molecule has 0 saturated carbocycles. The second-order valence-electron chi connectivity index (χ2n) is 8.88. The highest BCUT2D eigenvalue weighted by Gasteiger charge is 2.30. The molecule has 0 fully saturated rings. The van der Waals surface area contributed by atoms with E-state index in [1.807, 2.05) is 0 Å².